The van der Waals surface area contributed by atoms with E-state index in [-0.39, 0.29) is 40.3 Å². The number of amides is 1. The van der Waals surface area contributed by atoms with Gasteiger partial charge in [0.15, 0.2) is 5.82 Å². The third-order valence-electron chi connectivity index (χ3n) is 5.80. The lowest BCUT2D eigenvalue weighted by Crippen LogP contribution is -2.36. The zero-order valence-corrected chi connectivity index (χ0v) is 19.6. The van der Waals surface area contributed by atoms with E-state index in [1.807, 2.05) is 0 Å². The highest BCUT2D eigenvalue weighted by Gasteiger charge is 2.36. The van der Waals surface area contributed by atoms with Crippen LogP contribution in [0.2, 0.25) is 0 Å². The first-order valence-electron chi connectivity index (χ1n) is 10.8. The Morgan fingerprint density at radius 3 is 2.56 bits per heavy atom. The SMILES string of the molecule is COc1ccc(F)cc1C(=O)NCc1ccc(-c2nn(C(C)(C)C(F)F)c3c(=O)[nH]nc(N)c23)cc1. The van der Waals surface area contributed by atoms with Gasteiger partial charge in [-0.3, -0.25) is 9.59 Å². The van der Waals surface area contributed by atoms with Crippen molar-refractivity contribution in [3.05, 3.63) is 69.8 Å². The van der Waals surface area contributed by atoms with Crippen LogP contribution in [0, 0.1) is 5.82 Å². The van der Waals surface area contributed by atoms with Gasteiger partial charge in [0, 0.05) is 12.1 Å². The average Bonchev–Trinajstić information content (AvgIpc) is 3.28. The van der Waals surface area contributed by atoms with E-state index in [2.05, 4.69) is 20.6 Å². The Labute approximate surface area is 203 Å². The molecule has 4 aromatic rings. The van der Waals surface area contributed by atoms with Crippen molar-refractivity contribution in [2.45, 2.75) is 32.4 Å². The molecule has 4 rings (SSSR count). The van der Waals surface area contributed by atoms with E-state index < -0.39 is 29.2 Å². The Bertz CT molecular complexity index is 1500. The van der Waals surface area contributed by atoms with E-state index in [0.717, 1.165) is 10.7 Å². The number of aromatic amines is 1. The number of carbonyl (C=O) groups excluding carboxylic acids is 1. The van der Waals surface area contributed by atoms with Gasteiger partial charge in [0.05, 0.1) is 18.1 Å². The van der Waals surface area contributed by atoms with Crippen LogP contribution in [0.5, 0.6) is 5.75 Å². The topological polar surface area (TPSA) is 128 Å². The predicted molar refractivity (Wildman–Crippen MR) is 127 cm³/mol. The van der Waals surface area contributed by atoms with E-state index in [1.54, 1.807) is 24.3 Å². The van der Waals surface area contributed by atoms with Gasteiger partial charge in [-0.1, -0.05) is 24.3 Å². The largest absolute Gasteiger partial charge is 0.496 e. The van der Waals surface area contributed by atoms with E-state index in [1.165, 1.54) is 33.1 Å². The molecule has 0 aliphatic heterocycles. The predicted octanol–water partition coefficient (Wildman–Crippen LogP) is 3.45. The van der Waals surface area contributed by atoms with Crippen LogP contribution in [0.25, 0.3) is 22.2 Å². The van der Waals surface area contributed by atoms with Crippen LogP contribution in [0.4, 0.5) is 19.0 Å². The lowest BCUT2D eigenvalue weighted by atomic mass is 10.1. The number of hydrogen-bond donors (Lipinski definition) is 3. The monoisotopic (exact) mass is 500 g/mol. The van der Waals surface area contributed by atoms with Gasteiger partial charge in [0.2, 0.25) is 0 Å². The summed E-state index contributed by atoms with van der Waals surface area (Å²) < 4.78 is 47.2. The van der Waals surface area contributed by atoms with Crippen molar-refractivity contribution in [2.24, 2.45) is 0 Å². The number of nitrogen functional groups attached to an aromatic ring is 1. The normalized spacial score (nSPS) is 11.8. The molecule has 0 atom stereocenters. The Morgan fingerprint density at radius 2 is 1.92 bits per heavy atom. The van der Waals surface area contributed by atoms with Gasteiger partial charge >= 0.3 is 0 Å². The number of ether oxygens (including phenoxy) is 1. The van der Waals surface area contributed by atoms with E-state index in [9.17, 15) is 22.8 Å². The second-order valence-corrected chi connectivity index (χ2v) is 8.60. The summed E-state index contributed by atoms with van der Waals surface area (Å²) in [4.78, 5) is 25.0. The van der Waals surface area contributed by atoms with Crippen molar-refractivity contribution >= 4 is 22.6 Å². The van der Waals surface area contributed by atoms with Crippen LogP contribution < -0.4 is 21.3 Å². The number of H-pyrrole nitrogens is 1. The number of halogens is 3. The van der Waals surface area contributed by atoms with Gasteiger partial charge in [-0.15, -0.1) is 0 Å². The Balaban J connectivity index is 1.65. The third kappa shape index (κ3) is 4.37. The fourth-order valence-corrected chi connectivity index (χ4v) is 3.72. The average molecular weight is 500 g/mol. The molecule has 9 nitrogen and oxygen atoms in total. The minimum Gasteiger partial charge on any atom is -0.496 e. The van der Waals surface area contributed by atoms with Gasteiger partial charge in [0.1, 0.15) is 28.3 Å². The first-order chi connectivity index (χ1) is 17.0. The maximum Gasteiger partial charge on any atom is 0.290 e. The van der Waals surface area contributed by atoms with E-state index >= 15 is 0 Å². The molecule has 2 aromatic carbocycles. The first kappa shape index (κ1) is 24.8. The summed E-state index contributed by atoms with van der Waals surface area (Å²) in [7, 11) is 1.38. The summed E-state index contributed by atoms with van der Waals surface area (Å²) in [6, 6.07) is 10.3. The Kier molecular flexibility index (Phi) is 6.44. The molecule has 36 heavy (non-hydrogen) atoms. The smallest absolute Gasteiger partial charge is 0.290 e. The molecule has 0 saturated heterocycles. The summed E-state index contributed by atoms with van der Waals surface area (Å²) in [5.41, 5.74) is 4.87. The number of benzene rings is 2. The van der Waals surface area contributed by atoms with E-state index in [4.69, 9.17) is 10.5 Å². The van der Waals surface area contributed by atoms with Gasteiger partial charge in [-0.05, 0) is 37.6 Å². The minimum atomic E-state index is -2.81. The maximum atomic E-state index is 13.8. The van der Waals surface area contributed by atoms with Crippen molar-refractivity contribution in [1.29, 1.82) is 0 Å². The van der Waals surface area contributed by atoms with Crippen LogP contribution >= 0.6 is 0 Å². The van der Waals surface area contributed by atoms with Crippen molar-refractivity contribution < 1.29 is 22.7 Å². The van der Waals surface area contributed by atoms with Crippen molar-refractivity contribution in [1.82, 2.24) is 25.3 Å². The number of anilines is 1. The second-order valence-electron chi connectivity index (χ2n) is 8.60. The lowest BCUT2D eigenvalue weighted by Gasteiger charge is -2.24. The molecule has 0 radical (unpaired) electrons. The molecule has 4 N–H and O–H groups in total. The number of alkyl halides is 2. The molecule has 0 saturated carbocycles. The Morgan fingerprint density at radius 1 is 1.22 bits per heavy atom. The standard InChI is InChI=1S/C24H23F3N6O3/c1-24(2,23(26)27)33-19-17(20(28)30-31-22(19)35)18(32-33)13-6-4-12(5-7-13)11-29-21(34)15-10-14(25)8-9-16(15)36-3/h4-10,23H,11H2,1-3H3,(H2,28,30)(H,29,34)(H,31,35). The van der Waals surface area contributed by atoms with Crippen LogP contribution in [0.15, 0.2) is 47.3 Å². The zero-order valence-electron chi connectivity index (χ0n) is 19.6. The molecule has 0 aliphatic rings. The van der Waals surface area contributed by atoms with Gasteiger partial charge in [-0.25, -0.2) is 23.0 Å². The van der Waals surface area contributed by atoms with Crippen LogP contribution in [-0.4, -0.2) is 39.4 Å². The highest BCUT2D eigenvalue weighted by atomic mass is 19.3. The second kappa shape index (κ2) is 9.36. The number of nitrogens with zero attached hydrogens (tertiary/aromatic N) is 3. The minimum absolute atomic E-state index is 0.0565. The maximum absolute atomic E-state index is 13.8. The highest BCUT2D eigenvalue weighted by molar-refractivity contribution is 6.00. The van der Waals surface area contributed by atoms with Crippen LogP contribution in [0.1, 0.15) is 29.8 Å². The molecular formula is C24H23F3N6O3. The van der Waals surface area contributed by atoms with Gasteiger partial charge < -0.3 is 15.8 Å². The van der Waals surface area contributed by atoms with Crippen LogP contribution in [0.3, 0.4) is 0 Å². The fraction of sp³-hybridized carbons (Fsp3) is 0.250. The third-order valence-corrected chi connectivity index (χ3v) is 5.80. The summed E-state index contributed by atoms with van der Waals surface area (Å²) in [5, 5.41) is 13.2. The molecule has 12 heteroatoms. The molecule has 0 unspecified atom stereocenters. The summed E-state index contributed by atoms with van der Waals surface area (Å²) in [6.07, 6.45) is -2.81. The molecular weight excluding hydrogens is 477 g/mol. The van der Waals surface area contributed by atoms with Crippen molar-refractivity contribution in [2.75, 3.05) is 12.8 Å². The first-order valence-corrected chi connectivity index (χ1v) is 10.8. The van der Waals surface area contributed by atoms with Gasteiger partial charge in [-0.2, -0.15) is 10.2 Å². The molecule has 2 aromatic heterocycles. The molecule has 2 heterocycles. The van der Waals surface area contributed by atoms with Gasteiger partial charge in [0.25, 0.3) is 17.9 Å². The Hall–Kier alpha value is -4.35. The molecule has 0 aliphatic carbocycles. The molecule has 1 amide bonds. The number of nitrogens with two attached hydrogens (primary N) is 1. The highest BCUT2D eigenvalue weighted by Crippen LogP contribution is 2.34. The lowest BCUT2D eigenvalue weighted by molar-refractivity contribution is 0.0230. The number of aromatic nitrogens is 4. The number of fused-ring (bicyclic) bond motifs is 1. The molecule has 0 bridgehead atoms. The van der Waals surface area contributed by atoms with Crippen molar-refractivity contribution in [3.63, 3.8) is 0 Å². The van der Waals surface area contributed by atoms with E-state index in [0.29, 0.717) is 11.1 Å². The quantitative estimate of drug-likeness (QED) is 0.357. The summed E-state index contributed by atoms with van der Waals surface area (Å²) >= 11 is 0. The summed E-state index contributed by atoms with van der Waals surface area (Å²) in [5.74, 6) is -0.914. The molecule has 188 valence electrons. The number of carbonyl (C=O) groups is 1. The number of hydrogen-bond acceptors (Lipinski definition) is 6. The number of nitrogens with one attached hydrogen (secondary N) is 2. The summed E-state index contributed by atoms with van der Waals surface area (Å²) in [6.45, 7) is 2.66. The zero-order chi connectivity index (χ0) is 26.2. The van der Waals surface area contributed by atoms with Crippen molar-refractivity contribution in [3.8, 4) is 17.0 Å². The van der Waals surface area contributed by atoms with Crippen LogP contribution in [-0.2, 0) is 12.1 Å². The number of rotatable bonds is 7. The number of methoxy groups -OCH3 is 1. The molecule has 0 fully saturated rings. The fourth-order valence-electron chi connectivity index (χ4n) is 3.72. The molecule has 0 spiro atoms.